The molecule has 5 nitrogen and oxygen atoms in total. The van der Waals surface area contributed by atoms with Gasteiger partial charge in [0, 0.05) is 29.9 Å². The number of hydrogen-bond acceptors (Lipinski definition) is 4. The predicted molar refractivity (Wildman–Crippen MR) is 103 cm³/mol. The first kappa shape index (κ1) is 19.2. The largest absolute Gasteiger partial charge is 0.357 e. The molecule has 0 amide bonds. The quantitative estimate of drug-likeness (QED) is 0.652. The van der Waals surface area contributed by atoms with E-state index in [1.165, 1.54) is 4.88 Å². The summed E-state index contributed by atoms with van der Waals surface area (Å²) in [5.41, 5.74) is -0.0355. The molecule has 0 aliphatic carbocycles. The van der Waals surface area contributed by atoms with Crippen molar-refractivity contribution < 1.29 is 8.42 Å². The molecule has 0 unspecified atom stereocenters. The van der Waals surface area contributed by atoms with Gasteiger partial charge in [-0.15, -0.1) is 11.3 Å². The molecule has 24 heavy (non-hydrogen) atoms. The number of nitrogens with zero attached hydrogens (tertiary/aromatic N) is 2. The zero-order valence-electron chi connectivity index (χ0n) is 15.3. The number of sulfone groups is 1. The average Bonchev–Trinajstić information content (AvgIpc) is 3.01. The Balaban J connectivity index is 2.17. The van der Waals surface area contributed by atoms with E-state index < -0.39 is 14.6 Å². The summed E-state index contributed by atoms with van der Waals surface area (Å²) >= 11 is 1.75. The van der Waals surface area contributed by atoms with E-state index in [1.807, 2.05) is 6.92 Å². The Hall–Kier alpha value is -1.08. The van der Waals surface area contributed by atoms with Crippen LogP contribution in [-0.2, 0) is 15.3 Å². The van der Waals surface area contributed by atoms with Gasteiger partial charge in [-0.25, -0.2) is 8.42 Å². The first-order valence-electron chi connectivity index (χ1n) is 8.38. The summed E-state index contributed by atoms with van der Waals surface area (Å²) in [4.78, 5) is 8.21. The minimum absolute atomic E-state index is 0.0355. The van der Waals surface area contributed by atoms with Crippen LogP contribution in [0.3, 0.4) is 0 Å². The minimum Gasteiger partial charge on any atom is -0.357 e. The molecule has 0 spiro atoms. The first-order valence-corrected chi connectivity index (χ1v) is 10.9. The van der Waals surface area contributed by atoms with Crippen molar-refractivity contribution in [3.05, 3.63) is 22.4 Å². The van der Waals surface area contributed by atoms with Gasteiger partial charge in [0.25, 0.3) is 0 Å². The van der Waals surface area contributed by atoms with Crippen molar-refractivity contribution in [2.24, 2.45) is 4.99 Å². The van der Waals surface area contributed by atoms with E-state index in [1.54, 1.807) is 25.2 Å². The fourth-order valence-corrected chi connectivity index (χ4v) is 4.97. The molecule has 0 radical (unpaired) electrons. The van der Waals surface area contributed by atoms with Gasteiger partial charge in [-0.2, -0.15) is 0 Å². The van der Waals surface area contributed by atoms with Gasteiger partial charge < -0.3 is 10.2 Å². The van der Waals surface area contributed by atoms with Crippen LogP contribution in [0.1, 0.15) is 39.5 Å². The lowest BCUT2D eigenvalue weighted by molar-refractivity contribution is 0.352. The van der Waals surface area contributed by atoms with Gasteiger partial charge in [0.05, 0.1) is 17.0 Å². The number of guanidine groups is 1. The van der Waals surface area contributed by atoms with Gasteiger partial charge in [-0.1, -0.05) is 19.9 Å². The highest BCUT2D eigenvalue weighted by atomic mass is 32.2. The van der Waals surface area contributed by atoms with Crippen LogP contribution in [0.25, 0.3) is 0 Å². The van der Waals surface area contributed by atoms with E-state index in [9.17, 15) is 8.42 Å². The Morgan fingerprint density at radius 1 is 1.46 bits per heavy atom. The van der Waals surface area contributed by atoms with Crippen molar-refractivity contribution in [2.75, 3.05) is 31.9 Å². The zero-order chi connectivity index (χ0) is 18.0. The Morgan fingerprint density at radius 2 is 2.17 bits per heavy atom. The van der Waals surface area contributed by atoms with Gasteiger partial charge in [0.15, 0.2) is 15.8 Å². The summed E-state index contributed by atoms with van der Waals surface area (Å²) in [5, 5.41) is 5.41. The number of rotatable bonds is 4. The van der Waals surface area contributed by atoms with Crippen LogP contribution >= 0.6 is 11.3 Å². The van der Waals surface area contributed by atoms with Crippen molar-refractivity contribution in [2.45, 2.75) is 44.8 Å². The summed E-state index contributed by atoms with van der Waals surface area (Å²) in [7, 11) is -3.04. The molecule has 1 aliphatic rings. The van der Waals surface area contributed by atoms with Gasteiger partial charge in [-0.3, -0.25) is 4.99 Å². The van der Waals surface area contributed by atoms with Gasteiger partial charge >= 0.3 is 0 Å². The van der Waals surface area contributed by atoms with Crippen LogP contribution in [0.5, 0.6) is 0 Å². The molecule has 0 aromatic carbocycles. The predicted octanol–water partition coefficient (Wildman–Crippen LogP) is 2.50. The molecule has 2 rings (SSSR count). The fourth-order valence-electron chi connectivity index (χ4n) is 2.76. The monoisotopic (exact) mass is 371 g/mol. The third-order valence-electron chi connectivity index (χ3n) is 4.49. The van der Waals surface area contributed by atoms with Crippen LogP contribution in [0.15, 0.2) is 22.5 Å². The molecule has 0 atom stereocenters. The molecule has 1 fully saturated rings. The summed E-state index contributed by atoms with van der Waals surface area (Å²) in [6.45, 7) is 12.4. The van der Waals surface area contributed by atoms with Gasteiger partial charge in [-0.05, 0) is 32.2 Å². The van der Waals surface area contributed by atoms with Crippen LogP contribution in [0, 0.1) is 0 Å². The maximum Gasteiger partial charge on any atom is 0.194 e. The molecule has 136 valence electrons. The summed E-state index contributed by atoms with van der Waals surface area (Å²) in [5.74, 6) is 0.990. The highest BCUT2D eigenvalue weighted by Gasteiger charge is 2.41. The number of thiophene rings is 1. The Kier molecular flexibility index (Phi) is 5.64. The first-order chi connectivity index (χ1) is 11.1. The van der Waals surface area contributed by atoms with E-state index in [4.69, 9.17) is 4.99 Å². The lowest BCUT2D eigenvalue weighted by atomic mass is 9.92. The van der Waals surface area contributed by atoms with E-state index in [0.717, 1.165) is 12.5 Å². The smallest absolute Gasteiger partial charge is 0.194 e. The number of hydrogen-bond donors (Lipinski definition) is 1. The molecule has 1 aliphatic heterocycles. The highest BCUT2D eigenvalue weighted by Crippen LogP contribution is 2.28. The van der Waals surface area contributed by atoms with Crippen LogP contribution < -0.4 is 5.32 Å². The van der Waals surface area contributed by atoms with Gasteiger partial charge in [0.1, 0.15) is 0 Å². The molecule has 1 aromatic rings. The molecular weight excluding hydrogens is 342 g/mol. The summed E-state index contributed by atoms with van der Waals surface area (Å²) in [6, 6.07) is 4.21. The summed E-state index contributed by atoms with van der Waals surface area (Å²) in [6.07, 6.45) is 0. The molecule has 1 saturated heterocycles. The average molecular weight is 372 g/mol. The second kappa shape index (κ2) is 7.04. The Morgan fingerprint density at radius 3 is 2.71 bits per heavy atom. The Bertz CT molecular complexity index is 677. The van der Waals surface area contributed by atoms with E-state index in [2.05, 4.69) is 41.6 Å². The van der Waals surface area contributed by atoms with Crippen molar-refractivity contribution in [1.29, 1.82) is 0 Å². The lowest BCUT2D eigenvalue weighted by Crippen LogP contribution is -2.57. The molecule has 0 bridgehead atoms. The van der Waals surface area contributed by atoms with Crippen molar-refractivity contribution in [1.82, 2.24) is 10.2 Å². The second-order valence-corrected chi connectivity index (χ2v) is 11.2. The van der Waals surface area contributed by atoms with E-state index in [-0.39, 0.29) is 11.2 Å². The minimum atomic E-state index is -3.04. The fraction of sp³-hybridized carbons (Fsp3) is 0.706. The lowest BCUT2D eigenvalue weighted by Gasteiger charge is -2.39. The standard InChI is InChI=1S/C17H29N3O2S2/c1-6-18-15(19-12-16(2,3)14-8-7-10-23-14)20-9-11-24(21,22)17(4,5)13-20/h7-8,10H,6,9,11-13H2,1-5H3,(H,18,19). The highest BCUT2D eigenvalue weighted by molar-refractivity contribution is 7.92. The van der Waals surface area contributed by atoms with Crippen LogP contribution in [0.2, 0.25) is 0 Å². The molecule has 2 heterocycles. The van der Waals surface area contributed by atoms with Crippen molar-refractivity contribution in [3.8, 4) is 0 Å². The maximum atomic E-state index is 12.2. The number of nitrogens with one attached hydrogen (secondary N) is 1. The van der Waals surface area contributed by atoms with E-state index in [0.29, 0.717) is 19.6 Å². The third kappa shape index (κ3) is 4.11. The molecule has 0 saturated carbocycles. The third-order valence-corrected chi connectivity index (χ3v) is 8.26. The SMILES string of the molecule is CCNC(=NCC(C)(C)c1cccs1)N1CCS(=O)(=O)C(C)(C)C1. The van der Waals surface area contributed by atoms with Gasteiger partial charge in [0.2, 0.25) is 0 Å². The maximum absolute atomic E-state index is 12.2. The zero-order valence-corrected chi connectivity index (χ0v) is 16.9. The molecule has 1 N–H and O–H groups in total. The van der Waals surface area contributed by atoms with E-state index >= 15 is 0 Å². The van der Waals surface area contributed by atoms with Crippen LogP contribution in [-0.4, -0.2) is 56.0 Å². The van der Waals surface area contributed by atoms with Crippen LogP contribution in [0.4, 0.5) is 0 Å². The molecular formula is C17H29N3O2S2. The summed E-state index contributed by atoms with van der Waals surface area (Å²) < 4.78 is 23.7. The molecule has 1 aromatic heterocycles. The van der Waals surface area contributed by atoms with Crippen molar-refractivity contribution >= 4 is 27.1 Å². The normalized spacial score (nSPS) is 20.9. The number of aliphatic imine (C=N–C) groups is 1. The topological polar surface area (TPSA) is 61.8 Å². The second-order valence-electron chi connectivity index (χ2n) is 7.53. The van der Waals surface area contributed by atoms with Crippen molar-refractivity contribution in [3.63, 3.8) is 0 Å². The molecule has 7 heteroatoms. The Labute approximate surface area is 150 Å².